The van der Waals surface area contributed by atoms with Gasteiger partial charge in [0.25, 0.3) is 0 Å². The van der Waals surface area contributed by atoms with Crippen molar-refractivity contribution in [1.82, 2.24) is 15.1 Å². The van der Waals surface area contributed by atoms with Gasteiger partial charge in [-0.2, -0.15) is 0 Å². The standard InChI is InChI=1S/C25H37N3O3/c1-4-5-11-28-23(29)21(15-18(2)3)26-24(30)25(28)9-12-27(13-10-25)17-19-6-7-22-20(16-19)8-14-31-22/h6-7,16,18,21H,4-5,8-15,17H2,1-3H3,(H,26,30)/t21-/m0/s1. The summed E-state index contributed by atoms with van der Waals surface area (Å²) in [4.78, 5) is 31.1. The fraction of sp³-hybridized carbons (Fsp3) is 0.680. The monoisotopic (exact) mass is 427 g/mol. The molecule has 2 saturated heterocycles. The fourth-order valence-corrected chi connectivity index (χ4v) is 5.32. The molecule has 2 amide bonds. The van der Waals surface area contributed by atoms with Crippen molar-refractivity contribution in [3.8, 4) is 5.75 Å². The summed E-state index contributed by atoms with van der Waals surface area (Å²) in [5.74, 6) is 1.56. The van der Waals surface area contributed by atoms with Crippen molar-refractivity contribution in [2.45, 2.75) is 77.4 Å². The van der Waals surface area contributed by atoms with Gasteiger partial charge in [0.15, 0.2) is 0 Å². The van der Waals surface area contributed by atoms with Gasteiger partial charge in [-0.15, -0.1) is 0 Å². The maximum absolute atomic E-state index is 13.4. The first-order valence-electron chi connectivity index (χ1n) is 12.0. The third-order valence-electron chi connectivity index (χ3n) is 7.09. The number of nitrogens with zero attached hydrogens (tertiary/aromatic N) is 2. The van der Waals surface area contributed by atoms with Gasteiger partial charge in [0.05, 0.1) is 6.61 Å². The molecule has 3 heterocycles. The summed E-state index contributed by atoms with van der Waals surface area (Å²) in [5, 5.41) is 3.09. The van der Waals surface area contributed by atoms with Crippen LogP contribution >= 0.6 is 0 Å². The quantitative estimate of drug-likeness (QED) is 0.726. The summed E-state index contributed by atoms with van der Waals surface area (Å²) < 4.78 is 5.62. The number of piperidine rings is 1. The highest BCUT2D eigenvalue weighted by Gasteiger charge is 2.53. The summed E-state index contributed by atoms with van der Waals surface area (Å²) in [5.41, 5.74) is 1.91. The van der Waals surface area contributed by atoms with E-state index in [4.69, 9.17) is 4.74 Å². The number of ether oxygens (including phenoxy) is 1. The number of carbonyl (C=O) groups excluding carboxylic acids is 2. The van der Waals surface area contributed by atoms with Crippen molar-refractivity contribution in [3.05, 3.63) is 29.3 Å². The molecule has 3 aliphatic rings. The summed E-state index contributed by atoms with van der Waals surface area (Å²) in [7, 11) is 0. The van der Waals surface area contributed by atoms with E-state index in [0.717, 1.165) is 51.3 Å². The molecule has 0 unspecified atom stereocenters. The topological polar surface area (TPSA) is 61.9 Å². The van der Waals surface area contributed by atoms with Crippen molar-refractivity contribution in [2.75, 3.05) is 26.2 Å². The number of nitrogens with one attached hydrogen (secondary N) is 1. The normalized spacial score (nSPS) is 23.2. The molecule has 170 valence electrons. The molecule has 31 heavy (non-hydrogen) atoms. The molecule has 1 atom stereocenters. The third kappa shape index (κ3) is 4.45. The molecule has 3 aliphatic heterocycles. The van der Waals surface area contributed by atoms with Crippen LogP contribution in [-0.4, -0.2) is 59.4 Å². The van der Waals surface area contributed by atoms with Gasteiger partial charge in [0.1, 0.15) is 17.3 Å². The van der Waals surface area contributed by atoms with Crippen molar-refractivity contribution in [2.24, 2.45) is 5.92 Å². The highest BCUT2D eigenvalue weighted by Crippen LogP contribution is 2.35. The molecule has 0 radical (unpaired) electrons. The maximum Gasteiger partial charge on any atom is 0.246 e. The summed E-state index contributed by atoms with van der Waals surface area (Å²) in [6.45, 7) is 10.3. The maximum atomic E-state index is 13.4. The van der Waals surface area contributed by atoms with Gasteiger partial charge in [-0.25, -0.2) is 0 Å². The van der Waals surface area contributed by atoms with E-state index in [1.165, 1.54) is 11.1 Å². The van der Waals surface area contributed by atoms with E-state index < -0.39 is 5.54 Å². The number of benzene rings is 1. The molecule has 6 nitrogen and oxygen atoms in total. The van der Waals surface area contributed by atoms with Gasteiger partial charge < -0.3 is 15.0 Å². The largest absolute Gasteiger partial charge is 0.493 e. The molecule has 1 spiro atoms. The fourth-order valence-electron chi connectivity index (χ4n) is 5.32. The molecule has 1 aromatic rings. The summed E-state index contributed by atoms with van der Waals surface area (Å²) in [6.07, 6.45) is 5.06. The Hall–Kier alpha value is -2.08. The van der Waals surface area contributed by atoms with Crippen molar-refractivity contribution in [3.63, 3.8) is 0 Å². The predicted molar refractivity (Wildman–Crippen MR) is 121 cm³/mol. The Morgan fingerprint density at radius 2 is 2.00 bits per heavy atom. The smallest absolute Gasteiger partial charge is 0.246 e. The van der Waals surface area contributed by atoms with Crippen molar-refractivity contribution in [1.29, 1.82) is 0 Å². The average Bonchev–Trinajstić information content (AvgIpc) is 3.21. The second-order valence-electron chi connectivity index (χ2n) is 9.85. The Kier molecular flexibility index (Phi) is 6.56. The molecule has 0 bridgehead atoms. The molecule has 2 fully saturated rings. The number of amides is 2. The molecule has 6 heteroatoms. The number of likely N-dealkylation sites (tertiary alicyclic amines) is 1. The molecule has 1 aromatic carbocycles. The number of carbonyl (C=O) groups is 2. The minimum Gasteiger partial charge on any atom is -0.493 e. The lowest BCUT2D eigenvalue weighted by Gasteiger charge is -2.52. The molecule has 1 N–H and O–H groups in total. The van der Waals surface area contributed by atoms with Gasteiger partial charge in [-0.05, 0) is 48.8 Å². The van der Waals surface area contributed by atoms with Crippen LogP contribution < -0.4 is 10.1 Å². The number of hydrogen-bond acceptors (Lipinski definition) is 4. The highest BCUT2D eigenvalue weighted by molar-refractivity contribution is 6.00. The van der Waals surface area contributed by atoms with Crippen molar-refractivity contribution < 1.29 is 14.3 Å². The second-order valence-corrected chi connectivity index (χ2v) is 9.85. The second kappa shape index (κ2) is 9.19. The van der Waals surface area contributed by atoms with Gasteiger partial charge in [-0.3, -0.25) is 14.5 Å². The molecular weight excluding hydrogens is 390 g/mol. The molecule has 0 aliphatic carbocycles. The Balaban J connectivity index is 1.45. The lowest BCUT2D eigenvalue weighted by atomic mass is 9.80. The van der Waals surface area contributed by atoms with Crippen LogP contribution in [-0.2, 0) is 22.6 Å². The van der Waals surface area contributed by atoms with Crippen LogP contribution in [0.5, 0.6) is 5.75 Å². The summed E-state index contributed by atoms with van der Waals surface area (Å²) >= 11 is 0. The van der Waals surface area contributed by atoms with Gasteiger partial charge in [0, 0.05) is 32.6 Å². The van der Waals surface area contributed by atoms with Crippen LogP contribution in [0, 0.1) is 5.92 Å². The van der Waals surface area contributed by atoms with Crippen LogP contribution in [0.2, 0.25) is 0 Å². The van der Waals surface area contributed by atoms with E-state index in [1.54, 1.807) is 0 Å². The minimum absolute atomic E-state index is 0.0585. The van der Waals surface area contributed by atoms with Crippen LogP contribution in [0.25, 0.3) is 0 Å². The lowest BCUT2D eigenvalue weighted by molar-refractivity contribution is -0.161. The number of piperazine rings is 1. The van der Waals surface area contributed by atoms with E-state index in [-0.39, 0.29) is 17.9 Å². The Labute approximate surface area is 186 Å². The van der Waals surface area contributed by atoms with Gasteiger partial charge in [0.2, 0.25) is 11.8 Å². The highest BCUT2D eigenvalue weighted by atomic mass is 16.5. The SMILES string of the molecule is CCCCN1C(=O)[C@H](CC(C)C)NC(=O)C12CCN(Cc1ccc3c(c1)CCO3)CC2. The Bertz CT molecular complexity index is 814. The Morgan fingerprint density at radius 1 is 1.23 bits per heavy atom. The zero-order valence-electron chi connectivity index (χ0n) is 19.3. The van der Waals surface area contributed by atoms with E-state index >= 15 is 0 Å². The molecule has 0 saturated carbocycles. The number of hydrogen-bond donors (Lipinski definition) is 1. The van der Waals surface area contributed by atoms with Crippen LogP contribution in [0.3, 0.4) is 0 Å². The zero-order chi connectivity index (χ0) is 22.0. The Morgan fingerprint density at radius 3 is 2.71 bits per heavy atom. The van der Waals surface area contributed by atoms with E-state index in [2.05, 4.69) is 49.2 Å². The molecule has 0 aromatic heterocycles. The lowest BCUT2D eigenvalue weighted by Crippen LogP contribution is -2.73. The van der Waals surface area contributed by atoms with E-state index in [9.17, 15) is 9.59 Å². The number of unbranched alkanes of at least 4 members (excludes halogenated alkanes) is 1. The minimum atomic E-state index is -0.679. The molecular formula is C25H37N3O3. The van der Waals surface area contributed by atoms with E-state index in [1.807, 2.05) is 4.90 Å². The zero-order valence-corrected chi connectivity index (χ0v) is 19.3. The average molecular weight is 428 g/mol. The van der Waals surface area contributed by atoms with Crippen molar-refractivity contribution >= 4 is 11.8 Å². The number of rotatable bonds is 7. The van der Waals surface area contributed by atoms with E-state index in [0.29, 0.717) is 31.7 Å². The summed E-state index contributed by atoms with van der Waals surface area (Å²) in [6, 6.07) is 6.11. The first-order chi connectivity index (χ1) is 14.9. The molecule has 4 rings (SSSR count). The van der Waals surface area contributed by atoms with Crippen LogP contribution in [0.15, 0.2) is 18.2 Å². The van der Waals surface area contributed by atoms with Gasteiger partial charge >= 0.3 is 0 Å². The van der Waals surface area contributed by atoms with Crippen LogP contribution in [0.4, 0.5) is 0 Å². The number of fused-ring (bicyclic) bond motifs is 1. The van der Waals surface area contributed by atoms with Crippen LogP contribution in [0.1, 0.15) is 64.0 Å². The predicted octanol–water partition coefficient (Wildman–Crippen LogP) is 3.13. The first-order valence-corrected chi connectivity index (χ1v) is 12.0. The third-order valence-corrected chi connectivity index (χ3v) is 7.09. The van der Waals surface area contributed by atoms with Gasteiger partial charge in [-0.1, -0.05) is 39.3 Å². The first kappa shape index (κ1) is 22.1.